The van der Waals surface area contributed by atoms with Gasteiger partial charge in [-0.15, -0.1) is 0 Å². The van der Waals surface area contributed by atoms with Crippen LogP contribution in [0.5, 0.6) is 0 Å². The van der Waals surface area contributed by atoms with E-state index in [0.717, 1.165) is 31.4 Å². The Morgan fingerprint density at radius 3 is 2.57 bits per heavy atom. The number of hydrogen-bond donors (Lipinski definition) is 1. The third-order valence-electron chi connectivity index (χ3n) is 6.42. The Morgan fingerprint density at radius 1 is 1.14 bits per heavy atom. The predicted octanol–water partition coefficient (Wildman–Crippen LogP) is 2.65. The highest BCUT2D eigenvalue weighted by Crippen LogP contribution is 2.20. The molecule has 0 aliphatic carbocycles. The maximum atomic E-state index is 13.1. The molecule has 1 aromatic rings. The highest BCUT2D eigenvalue weighted by molar-refractivity contribution is 5.88. The molecule has 0 bridgehead atoms. The van der Waals surface area contributed by atoms with Crippen LogP contribution in [0.25, 0.3) is 0 Å². The van der Waals surface area contributed by atoms with E-state index in [1.807, 2.05) is 37.4 Å². The normalized spacial score (nSPS) is 17.3. The lowest BCUT2D eigenvalue weighted by Crippen LogP contribution is -2.50. The van der Waals surface area contributed by atoms with E-state index in [1.165, 1.54) is 0 Å². The average molecular weight is 490 g/mol. The molecule has 35 heavy (non-hydrogen) atoms. The molecule has 8 heteroatoms. The molecule has 196 valence electrons. The molecular formula is C27H43N3O5. The molecule has 3 atom stereocenters. The molecule has 1 N–H and O–H groups in total. The number of hydrogen-bond acceptors (Lipinski definition) is 7. The number of likely N-dealkylation sites (tertiary alicyclic amines) is 1. The Balaban J connectivity index is 1.87. The van der Waals surface area contributed by atoms with Gasteiger partial charge >= 0.3 is 11.9 Å². The molecule has 8 nitrogen and oxygen atoms in total. The summed E-state index contributed by atoms with van der Waals surface area (Å²) in [4.78, 5) is 42.1. The first kappa shape index (κ1) is 28.8. The SMILES string of the molecule is CCCN(C)CCOC(=O)[C@H]1CCCN1C(=O)[C@H](C)NC[C@@H](CCc1ccccc1)C(=O)OCC. The Morgan fingerprint density at radius 2 is 1.89 bits per heavy atom. The number of aryl methyl sites for hydroxylation is 1. The number of amides is 1. The largest absolute Gasteiger partial charge is 0.466 e. The number of esters is 2. The van der Waals surface area contributed by atoms with Crippen molar-refractivity contribution in [3.63, 3.8) is 0 Å². The van der Waals surface area contributed by atoms with E-state index in [0.29, 0.717) is 45.7 Å². The maximum Gasteiger partial charge on any atom is 0.328 e. The number of rotatable bonds is 15. The number of carbonyl (C=O) groups excluding carboxylic acids is 3. The van der Waals surface area contributed by atoms with Crippen LogP contribution in [0.15, 0.2) is 30.3 Å². The molecule has 1 aliphatic heterocycles. The fourth-order valence-corrected chi connectivity index (χ4v) is 4.37. The van der Waals surface area contributed by atoms with Gasteiger partial charge in [-0.2, -0.15) is 0 Å². The van der Waals surface area contributed by atoms with Crippen molar-refractivity contribution in [2.45, 2.75) is 65.0 Å². The number of ether oxygens (including phenoxy) is 2. The second-order valence-corrected chi connectivity index (χ2v) is 9.26. The van der Waals surface area contributed by atoms with Crippen molar-refractivity contribution >= 4 is 17.8 Å². The van der Waals surface area contributed by atoms with Crippen LogP contribution < -0.4 is 5.32 Å². The van der Waals surface area contributed by atoms with Crippen molar-refractivity contribution in [1.82, 2.24) is 15.1 Å². The number of benzene rings is 1. The zero-order valence-electron chi connectivity index (χ0n) is 21.8. The molecule has 0 unspecified atom stereocenters. The van der Waals surface area contributed by atoms with Crippen LogP contribution >= 0.6 is 0 Å². The van der Waals surface area contributed by atoms with E-state index in [-0.39, 0.29) is 23.8 Å². The van der Waals surface area contributed by atoms with Crippen LogP contribution in [0.4, 0.5) is 0 Å². The molecule has 1 saturated heterocycles. The van der Waals surface area contributed by atoms with Crippen LogP contribution in [0, 0.1) is 5.92 Å². The van der Waals surface area contributed by atoms with Crippen LogP contribution in [0.1, 0.15) is 52.0 Å². The number of likely N-dealkylation sites (N-methyl/N-ethyl adjacent to an activating group) is 1. The van der Waals surface area contributed by atoms with Crippen LogP contribution in [-0.4, -0.2) is 86.2 Å². The third-order valence-corrected chi connectivity index (χ3v) is 6.42. The summed E-state index contributed by atoms with van der Waals surface area (Å²) in [6, 6.07) is 8.94. The second-order valence-electron chi connectivity index (χ2n) is 9.26. The van der Waals surface area contributed by atoms with Crippen LogP contribution in [0.3, 0.4) is 0 Å². The van der Waals surface area contributed by atoms with E-state index in [9.17, 15) is 14.4 Å². The van der Waals surface area contributed by atoms with Crippen molar-refractivity contribution in [3.8, 4) is 0 Å². The Labute approximate surface area is 210 Å². The first-order chi connectivity index (χ1) is 16.9. The van der Waals surface area contributed by atoms with Crippen molar-refractivity contribution < 1.29 is 23.9 Å². The molecule has 0 spiro atoms. The zero-order chi connectivity index (χ0) is 25.6. The lowest BCUT2D eigenvalue weighted by atomic mass is 9.99. The van der Waals surface area contributed by atoms with E-state index in [4.69, 9.17) is 9.47 Å². The Kier molecular flexibility index (Phi) is 12.8. The molecule has 2 rings (SSSR count). The first-order valence-corrected chi connectivity index (χ1v) is 13.0. The molecular weight excluding hydrogens is 446 g/mol. The van der Waals surface area contributed by atoms with Gasteiger partial charge in [-0.25, -0.2) is 4.79 Å². The molecule has 1 aliphatic rings. The van der Waals surface area contributed by atoms with Gasteiger partial charge in [0.15, 0.2) is 0 Å². The summed E-state index contributed by atoms with van der Waals surface area (Å²) in [5.74, 6) is -1.09. The maximum absolute atomic E-state index is 13.1. The molecule has 0 saturated carbocycles. The monoisotopic (exact) mass is 489 g/mol. The second kappa shape index (κ2) is 15.5. The van der Waals surface area contributed by atoms with Gasteiger partial charge in [0.1, 0.15) is 12.6 Å². The lowest BCUT2D eigenvalue weighted by molar-refractivity contribution is -0.154. The summed E-state index contributed by atoms with van der Waals surface area (Å²) in [7, 11) is 2.00. The lowest BCUT2D eigenvalue weighted by Gasteiger charge is -2.27. The molecule has 1 amide bonds. The molecule has 1 aromatic carbocycles. The third kappa shape index (κ3) is 9.61. The summed E-state index contributed by atoms with van der Waals surface area (Å²) in [6.07, 6.45) is 3.81. The first-order valence-electron chi connectivity index (χ1n) is 13.0. The van der Waals surface area contributed by atoms with Gasteiger partial charge in [0.2, 0.25) is 5.91 Å². The Bertz CT molecular complexity index is 788. The highest BCUT2D eigenvalue weighted by atomic mass is 16.5. The van der Waals surface area contributed by atoms with Crippen molar-refractivity contribution in [3.05, 3.63) is 35.9 Å². The van der Waals surface area contributed by atoms with Gasteiger partial charge in [-0.05, 0) is 65.1 Å². The molecule has 0 aromatic heterocycles. The van der Waals surface area contributed by atoms with E-state index in [1.54, 1.807) is 18.7 Å². The Hall–Kier alpha value is -2.45. The standard InChI is InChI=1S/C27H43N3O5/c1-5-16-29(4)18-19-35-27(33)24-13-10-17-30(24)25(31)21(3)28-20-23(26(32)34-6-2)15-14-22-11-8-7-9-12-22/h7-9,11-12,21,23-24,28H,5-6,10,13-20H2,1-4H3/t21-,23+,24+/m0/s1. The fraction of sp³-hybridized carbons (Fsp3) is 0.667. The quantitative estimate of drug-likeness (QED) is 0.379. The van der Waals surface area contributed by atoms with Crippen molar-refractivity contribution in [2.24, 2.45) is 5.92 Å². The zero-order valence-corrected chi connectivity index (χ0v) is 21.8. The molecule has 0 radical (unpaired) electrons. The molecule has 1 fully saturated rings. The summed E-state index contributed by atoms with van der Waals surface area (Å²) >= 11 is 0. The summed E-state index contributed by atoms with van der Waals surface area (Å²) in [5, 5.41) is 3.22. The van der Waals surface area contributed by atoms with Gasteiger partial charge in [0.05, 0.1) is 18.6 Å². The van der Waals surface area contributed by atoms with E-state index < -0.39 is 12.1 Å². The fourth-order valence-electron chi connectivity index (χ4n) is 4.37. The topological polar surface area (TPSA) is 88.2 Å². The van der Waals surface area contributed by atoms with Gasteiger partial charge in [0, 0.05) is 19.6 Å². The van der Waals surface area contributed by atoms with Crippen molar-refractivity contribution in [2.75, 3.05) is 46.4 Å². The smallest absolute Gasteiger partial charge is 0.328 e. The van der Waals surface area contributed by atoms with Gasteiger partial charge in [0.25, 0.3) is 0 Å². The van der Waals surface area contributed by atoms with Crippen LogP contribution in [0.2, 0.25) is 0 Å². The minimum absolute atomic E-state index is 0.141. The van der Waals surface area contributed by atoms with Gasteiger partial charge in [-0.1, -0.05) is 37.3 Å². The highest BCUT2D eigenvalue weighted by Gasteiger charge is 2.37. The van der Waals surface area contributed by atoms with Crippen LogP contribution in [-0.2, 0) is 30.3 Å². The molecule has 1 heterocycles. The number of nitrogens with zero attached hydrogens (tertiary/aromatic N) is 2. The van der Waals surface area contributed by atoms with Gasteiger partial charge < -0.3 is 24.6 Å². The predicted molar refractivity (Wildman–Crippen MR) is 136 cm³/mol. The average Bonchev–Trinajstić information content (AvgIpc) is 3.34. The minimum Gasteiger partial charge on any atom is -0.466 e. The van der Waals surface area contributed by atoms with Gasteiger partial charge in [-0.3, -0.25) is 9.59 Å². The van der Waals surface area contributed by atoms with E-state index in [2.05, 4.69) is 17.1 Å². The van der Waals surface area contributed by atoms with E-state index >= 15 is 0 Å². The minimum atomic E-state index is -0.540. The summed E-state index contributed by atoms with van der Waals surface area (Å²) < 4.78 is 10.7. The van der Waals surface area contributed by atoms with Crippen molar-refractivity contribution in [1.29, 1.82) is 0 Å². The number of nitrogens with one attached hydrogen (secondary N) is 1. The summed E-state index contributed by atoms with van der Waals surface area (Å²) in [5.41, 5.74) is 1.16. The summed E-state index contributed by atoms with van der Waals surface area (Å²) in [6.45, 7) is 8.83. The number of carbonyl (C=O) groups is 3.